The molecule has 1 aromatic heterocycles. The molecule has 0 radical (unpaired) electrons. The van der Waals surface area contributed by atoms with Gasteiger partial charge in [-0.3, -0.25) is 9.63 Å². The summed E-state index contributed by atoms with van der Waals surface area (Å²) in [5, 5.41) is 18.5. The first-order chi connectivity index (χ1) is 7.50. The number of amides is 1. The average Bonchev–Trinajstić information content (AvgIpc) is 2.65. The Morgan fingerprint density at radius 2 is 2.25 bits per heavy atom. The molecule has 0 aliphatic heterocycles. The maximum absolute atomic E-state index is 11.2. The van der Waals surface area contributed by atoms with Gasteiger partial charge in [-0.2, -0.15) is 0 Å². The fourth-order valence-corrected chi connectivity index (χ4v) is 0.841. The number of aliphatic carboxylic acids is 1. The Kier molecular flexibility index (Phi) is 3.56. The Bertz CT molecular complexity index is 426. The molecule has 16 heavy (non-hydrogen) atoms. The second-order valence-corrected chi connectivity index (χ2v) is 2.63. The molecule has 9 heteroatoms. The number of carboxylic acid groups (broad SMARTS) is 1. The zero-order valence-electron chi connectivity index (χ0n) is 7.80. The molecule has 0 bridgehead atoms. The van der Waals surface area contributed by atoms with Crippen molar-refractivity contribution < 1.29 is 24.5 Å². The Hall–Kier alpha value is -2.42. The van der Waals surface area contributed by atoms with E-state index in [1.807, 2.05) is 5.48 Å². The molecule has 0 saturated heterocycles. The Morgan fingerprint density at radius 1 is 1.56 bits per heavy atom. The Labute approximate surface area is 88.1 Å². The summed E-state index contributed by atoms with van der Waals surface area (Å²) in [6.45, 7) is -0.700. The largest absolute Gasteiger partial charge is 0.479 e. The van der Waals surface area contributed by atoms with E-state index in [1.54, 1.807) is 0 Å². The lowest BCUT2D eigenvalue weighted by Gasteiger charge is -1.99. The monoisotopic (exact) mass is 229 g/mol. The number of nitro groups is 1. The minimum Gasteiger partial charge on any atom is -0.479 e. The molecule has 0 fully saturated rings. The number of nitrogens with one attached hydrogen (secondary N) is 2. The summed E-state index contributed by atoms with van der Waals surface area (Å²) in [6.07, 6.45) is 0. The second kappa shape index (κ2) is 4.89. The van der Waals surface area contributed by atoms with Crippen LogP contribution in [0.25, 0.3) is 0 Å². The summed E-state index contributed by atoms with van der Waals surface area (Å²) >= 11 is 0. The summed E-state index contributed by atoms with van der Waals surface area (Å²) in [5.74, 6) is -2.39. The van der Waals surface area contributed by atoms with Gasteiger partial charge in [-0.05, 0) is 11.0 Å². The van der Waals surface area contributed by atoms with Crippen molar-refractivity contribution in [2.45, 2.75) is 0 Å². The van der Waals surface area contributed by atoms with Gasteiger partial charge in [0.1, 0.15) is 0 Å². The molecule has 0 unspecified atom stereocenters. The van der Waals surface area contributed by atoms with Gasteiger partial charge in [0.05, 0.1) is 0 Å². The minimum atomic E-state index is -1.25. The van der Waals surface area contributed by atoms with Gasteiger partial charge in [-0.15, -0.1) is 0 Å². The van der Waals surface area contributed by atoms with Crippen molar-refractivity contribution in [3.05, 3.63) is 27.9 Å². The highest BCUT2D eigenvalue weighted by Gasteiger charge is 2.15. The van der Waals surface area contributed by atoms with E-state index in [0.29, 0.717) is 0 Å². The molecule has 3 N–H and O–H groups in total. The highest BCUT2D eigenvalue weighted by Crippen LogP contribution is 2.09. The Balaban J connectivity index is 2.53. The van der Waals surface area contributed by atoms with Crippen molar-refractivity contribution in [3.63, 3.8) is 0 Å². The van der Waals surface area contributed by atoms with Gasteiger partial charge in [0.15, 0.2) is 12.3 Å². The molecule has 1 rings (SSSR count). The maximum atomic E-state index is 11.2. The van der Waals surface area contributed by atoms with Crippen LogP contribution in [0.4, 0.5) is 5.82 Å². The highest BCUT2D eigenvalue weighted by molar-refractivity contribution is 5.92. The van der Waals surface area contributed by atoms with Crippen LogP contribution in [0.1, 0.15) is 10.5 Å². The van der Waals surface area contributed by atoms with E-state index in [4.69, 9.17) is 5.11 Å². The fourth-order valence-electron chi connectivity index (χ4n) is 0.841. The van der Waals surface area contributed by atoms with Gasteiger partial charge in [0.25, 0.3) is 0 Å². The molecular weight excluding hydrogens is 222 g/mol. The Morgan fingerprint density at radius 3 is 2.75 bits per heavy atom. The lowest BCUT2D eigenvalue weighted by molar-refractivity contribution is -0.389. The molecule has 1 aromatic rings. The molecular formula is C7H7N3O6. The molecule has 0 saturated carbocycles. The van der Waals surface area contributed by atoms with Crippen molar-refractivity contribution in [2.24, 2.45) is 0 Å². The average molecular weight is 229 g/mol. The lowest BCUT2D eigenvalue weighted by Crippen LogP contribution is -2.26. The second-order valence-electron chi connectivity index (χ2n) is 2.63. The summed E-state index contributed by atoms with van der Waals surface area (Å²) in [6, 6.07) is 2.28. The van der Waals surface area contributed by atoms with E-state index >= 15 is 0 Å². The zero-order valence-corrected chi connectivity index (χ0v) is 7.80. The van der Waals surface area contributed by atoms with Crippen molar-refractivity contribution in [1.29, 1.82) is 0 Å². The molecule has 0 spiro atoms. The van der Waals surface area contributed by atoms with Crippen LogP contribution in [0.15, 0.2) is 12.1 Å². The number of rotatable bonds is 5. The minimum absolute atomic E-state index is 0.0999. The van der Waals surface area contributed by atoms with Gasteiger partial charge in [-0.25, -0.2) is 15.3 Å². The van der Waals surface area contributed by atoms with Crippen LogP contribution in [-0.4, -0.2) is 33.5 Å². The third-order valence-corrected chi connectivity index (χ3v) is 1.47. The van der Waals surface area contributed by atoms with Crippen LogP contribution in [0.5, 0.6) is 0 Å². The topological polar surface area (TPSA) is 135 Å². The van der Waals surface area contributed by atoms with E-state index in [2.05, 4.69) is 9.82 Å². The van der Waals surface area contributed by atoms with E-state index in [1.165, 1.54) is 6.07 Å². The van der Waals surface area contributed by atoms with Crippen LogP contribution in [0.3, 0.4) is 0 Å². The zero-order chi connectivity index (χ0) is 12.1. The van der Waals surface area contributed by atoms with Gasteiger partial charge in [0.2, 0.25) is 0 Å². The number of carboxylic acids is 1. The van der Waals surface area contributed by atoms with Gasteiger partial charge in [-0.1, -0.05) is 0 Å². The fraction of sp³-hybridized carbons (Fsp3) is 0.143. The normalized spacial score (nSPS) is 9.75. The molecule has 1 heterocycles. The number of carbonyl (C=O) groups is 2. The molecule has 0 aromatic carbocycles. The highest BCUT2D eigenvalue weighted by atomic mass is 16.7. The van der Waals surface area contributed by atoms with Crippen LogP contribution in [0, 0.1) is 10.1 Å². The van der Waals surface area contributed by atoms with E-state index < -0.39 is 23.4 Å². The van der Waals surface area contributed by atoms with Crippen molar-refractivity contribution >= 4 is 17.7 Å². The number of hydrogen-bond donors (Lipinski definition) is 3. The van der Waals surface area contributed by atoms with Crippen LogP contribution < -0.4 is 5.48 Å². The SMILES string of the molecule is O=C(O)CONC(=O)c1ccc([N+](=O)[O-])[nH]1. The van der Waals surface area contributed by atoms with Crippen LogP contribution in [-0.2, 0) is 9.63 Å². The summed E-state index contributed by atoms with van der Waals surface area (Å²) in [5.41, 5.74) is 1.71. The van der Waals surface area contributed by atoms with Crippen LogP contribution in [0.2, 0.25) is 0 Å². The molecule has 0 aliphatic rings. The maximum Gasteiger partial charge on any atom is 0.332 e. The summed E-state index contributed by atoms with van der Waals surface area (Å²) in [7, 11) is 0. The predicted molar refractivity (Wildman–Crippen MR) is 48.5 cm³/mol. The number of aromatic amines is 1. The first kappa shape index (κ1) is 11.7. The number of nitrogens with zero attached hydrogens (tertiary/aromatic N) is 1. The smallest absolute Gasteiger partial charge is 0.332 e. The molecule has 1 amide bonds. The van der Waals surface area contributed by atoms with Crippen molar-refractivity contribution in [1.82, 2.24) is 10.5 Å². The summed E-state index contributed by atoms with van der Waals surface area (Å²) in [4.78, 5) is 37.3. The van der Waals surface area contributed by atoms with E-state index in [9.17, 15) is 19.7 Å². The van der Waals surface area contributed by atoms with Crippen molar-refractivity contribution in [3.8, 4) is 0 Å². The van der Waals surface area contributed by atoms with Gasteiger partial charge in [0, 0.05) is 6.07 Å². The number of carbonyl (C=O) groups excluding carboxylic acids is 1. The number of hydroxylamine groups is 1. The van der Waals surface area contributed by atoms with E-state index in [0.717, 1.165) is 6.07 Å². The third-order valence-electron chi connectivity index (χ3n) is 1.47. The quantitative estimate of drug-likeness (QED) is 0.467. The van der Waals surface area contributed by atoms with Gasteiger partial charge < -0.3 is 15.2 Å². The van der Waals surface area contributed by atoms with E-state index in [-0.39, 0.29) is 11.5 Å². The number of hydrogen-bond acceptors (Lipinski definition) is 5. The molecule has 9 nitrogen and oxygen atoms in total. The first-order valence-electron chi connectivity index (χ1n) is 3.98. The van der Waals surface area contributed by atoms with Gasteiger partial charge >= 0.3 is 17.7 Å². The lowest BCUT2D eigenvalue weighted by atomic mass is 10.4. The standard InChI is InChI=1S/C7H7N3O6/c11-6(12)3-16-9-7(13)4-1-2-5(8-4)10(14)15/h1-2,8H,3H2,(H,9,13)(H,11,12). The third kappa shape index (κ3) is 3.06. The molecule has 0 aliphatic carbocycles. The first-order valence-corrected chi connectivity index (χ1v) is 3.98. The number of aromatic nitrogens is 1. The number of H-pyrrole nitrogens is 1. The summed E-state index contributed by atoms with van der Waals surface area (Å²) < 4.78 is 0. The predicted octanol–water partition coefficient (Wildman–Crippen LogP) is -0.331. The van der Waals surface area contributed by atoms with Crippen LogP contribution >= 0.6 is 0 Å². The molecule has 86 valence electrons. The molecule has 0 atom stereocenters. The van der Waals surface area contributed by atoms with Crippen molar-refractivity contribution in [2.75, 3.05) is 6.61 Å².